The number of aromatic hydroxyl groups is 1. The maximum Gasteiger partial charge on any atom is 0.172 e. The Morgan fingerprint density at radius 2 is 1.71 bits per heavy atom. The number of aldehydes is 1. The van der Waals surface area contributed by atoms with Crippen molar-refractivity contribution in [1.29, 1.82) is 0 Å². The van der Waals surface area contributed by atoms with Crippen LogP contribution >= 0.6 is 0 Å². The number of aromatic nitrogens is 2. The molecule has 0 saturated carbocycles. The molecule has 3 rings (SSSR count). The maximum absolute atomic E-state index is 12.5. The quantitative estimate of drug-likeness (QED) is 0.316. The number of benzene rings is 1. The number of hydrogen-bond donors (Lipinski definition) is 1. The lowest BCUT2D eigenvalue weighted by Crippen LogP contribution is -2.52. The van der Waals surface area contributed by atoms with Gasteiger partial charge >= 0.3 is 0 Å². The van der Waals surface area contributed by atoms with Gasteiger partial charge in [0.25, 0.3) is 0 Å². The van der Waals surface area contributed by atoms with Gasteiger partial charge in [-0.2, -0.15) is 0 Å². The van der Waals surface area contributed by atoms with Gasteiger partial charge in [0, 0.05) is 22.7 Å². The molecule has 2 heterocycles. The van der Waals surface area contributed by atoms with Gasteiger partial charge in [0.15, 0.2) is 26.0 Å². The third-order valence-electron chi connectivity index (χ3n) is 6.59. The number of nitrogens with zero attached hydrogens (tertiary/aromatic N) is 2. The van der Waals surface area contributed by atoms with Gasteiger partial charge < -0.3 is 14.1 Å². The number of hydrogen-bond acceptors (Lipinski definition) is 4. The Morgan fingerprint density at radius 1 is 1.06 bits per heavy atom. The molecular weight excluding hydrogens is 404 g/mol. The topological polar surface area (TPSA) is 64.3 Å². The minimum Gasteiger partial charge on any atom is -0.504 e. The van der Waals surface area contributed by atoms with Gasteiger partial charge in [-0.15, -0.1) is 0 Å². The van der Waals surface area contributed by atoms with E-state index in [1.54, 1.807) is 18.3 Å². The molecule has 31 heavy (non-hydrogen) atoms. The summed E-state index contributed by atoms with van der Waals surface area (Å²) in [4.78, 5) is 17.3. The summed E-state index contributed by atoms with van der Waals surface area (Å²) in [6.45, 7) is 16.0. The van der Waals surface area contributed by atoms with Crippen LogP contribution in [0.25, 0.3) is 22.3 Å². The van der Waals surface area contributed by atoms with Crippen molar-refractivity contribution < 1.29 is 14.6 Å². The summed E-state index contributed by atoms with van der Waals surface area (Å²) >= 11 is 0. The monoisotopic (exact) mass is 438 g/mol. The van der Waals surface area contributed by atoms with Crippen molar-refractivity contribution in [1.82, 2.24) is 9.22 Å². The van der Waals surface area contributed by atoms with E-state index in [1.807, 2.05) is 25.1 Å². The predicted octanol–water partition coefficient (Wildman–Crippen LogP) is 6.64. The van der Waals surface area contributed by atoms with E-state index >= 15 is 0 Å². The second-order valence-corrected chi connectivity index (χ2v) is 14.7. The Balaban J connectivity index is 2.61. The average Bonchev–Trinajstić information content (AvgIpc) is 3.04. The Labute approximate surface area is 186 Å². The summed E-state index contributed by atoms with van der Waals surface area (Å²) in [5, 5.41) is 11.5. The molecule has 0 aliphatic rings. The molecule has 0 spiro atoms. The van der Waals surface area contributed by atoms with Crippen molar-refractivity contribution in [2.24, 2.45) is 0 Å². The fourth-order valence-electron chi connectivity index (χ4n) is 5.68. The summed E-state index contributed by atoms with van der Waals surface area (Å²) < 4.78 is 8.27. The van der Waals surface area contributed by atoms with E-state index in [9.17, 15) is 9.90 Å². The highest BCUT2D eigenvalue weighted by molar-refractivity contribution is 6.83. The van der Waals surface area contributed by atoms with E-state index in [-0.39, 0.29) is 5.75 Å². The maximum atomic E-state index is 12.5. The molecule has 166 valence electrons. The van der Waals surface area contributed by atoms with Crippen molar-refractivity contribution in [2.75, 3.05) is 6.61 Å². The molecule has 1 N–H and O–H groups in total. The predicted molar refractivity (Wildman–Crippen MR) is 130 cm³/mol. The molecule has 2 aromatic heterocycles. The van der Waals surface area contributed by atoms with E-state index in [0.717, 1.165) is 28.6 Å². The van der Waals surface area contributed by atoms with E-state index in [0.29, 0.717) is 34.5 Å². The number of para-hydroxylation sites is 1. The number of ether oxygens (including phenoxy) is 1. The molecule has 0 fully saturated rings. The van der Waals surface area contributed by atoms with Gasteiger partial charge in [0.2, 0.25) is 0 Å². The van der Waals surface area contributed by atoms with Crippen LogP contribution in [0.15, 0.2) is 36.5 Å². The SMILES string of the molecule is CCOc1c(O)cccc1-c1c(C=O)c2cccnc2n1[Si](C(C)C)(C(C)C)C(C)C. The van der Waals surface area contributed by atoms with E-state index in [2.05, 4.69) is 45.8 Å². The van der Waals surface area contributed by atoms with Crippen molar-refractivity contribution in [3.63, 3.8) is 0 Å². The third-order valence-corrected chi connectivity index (χ3v) is 13.3. The highest BCUT2D eigenvalue weighted by atomic mass is 28.3. The lowest BCUT2D eigenvalue weighted by atomic mass is 10.1. The highest BCUT2D eigenvalue weighted by Gasteiger charge is 2.48. The third kappa shape index (κ3) is 3.47. The zero-order valence-electron chi connectivity index (χ0n) is 19.6. The van der Waals surface area contributed by atoms with Crippen molar-refractivity contribution in [2.45, 2.75) is 65.1 Å². The van der Waals surface area contributed by atoms with Crippen molar-refractivity contribution in [3.05, 3.63) is 42.1 Å². The van der Waals surface area contributed by atoms with Crippen LogP contribution in [0.5, 0.6) is 11.5 Å². The molecule has 6 heteroatoms. The minimum absolute atomic E-state index is 0.0758. The Hall–Kier alpha value is -2.60. The standard InChI is InChI=1S/C25H34N2O3Si/c1-8-30-24-20(11-9-13-22(24)29)23-21(15-28)19-12-10-14-26-25(19)27(23)31(16(2)3,17(4)5)18(6)7/h9-18,29H,8H2,1-7H3. The lowest BCUT2D eigenvalue weighted by molar-refractivity contribution is 0.112. The van der Waals surface area contributed by atoms with Crippen molar-refractivity contribution >= 4 is 25.6 Å². The lowest BCUT2D eigenvalue weighted by Gasteiger charge is -2.45. The molecule has 0 unspecified atom stereocenters. The van der Waals surface area contributed by atoms with Crippen LogP contribution in [0, 0.1) is 0 Å². The van der Waals surface area contributed by atoms with Crippen LogP contribution in [0.1, 0.15) is 58.8 Å². The zero-order valence-corrected chi connectivity index (χ0v) is 20.6. The normalized spacial score (nSPS) is 12.3. The minimum atomic E-state index is -2.30. The van der Waals surface area contributed by atoms with Gasteiger partial charge in [-0.3, -0.25) is 4.79 Å². The molecule has 0 atom stereocenters. The highest BCUT2D eigenvalue weighted by Crippen LogP contribution is 2.50. The summed E-state index contributed by atoms with van der Waals surface area (Å²) in [6, 6.07) is 9.20. The largest absolute Gasteiger partial charge is 0.504 e. The molecule has 0 bridgehead atoms. The first-order valence-corrected chi connectivity index (χ1v) is 13.3. The van der Waals surface area contributed by atoms with Crippen LogP contribution < -0.4 is 4.74 Å². The molecule has 0 aliphatic carbocycles. The number of phenolic OH excluding ortho intramolecular Hbond substituents is 1. The zero-order chi connectivity index (χ0) is 22.9. The first kappa shape index (κ1) is 23.1. The van der Waals surface area contributed by atoms with Crippen LogP contribution in [-0.4, -0.2) is 35.5 Å². The van der Waals surface area contributed by atoms with Crippen LogP contribution in [0.3, 0.4) is 0 Å². The van der Waals surface area contributed by atoms with Gasteiger partial charge in [0.05, 0.1) is 12.3 Å². The van der Waals surface area contributed by atoms with Gasteiger partial charge in [-0.25, -0.2) is 4.98 Å². The van der Waals surface area contributed by atoms with E-state index in [4.69, 9.17) is 9.72 Å². The van der Waals surface area contributed by atoms with Gasteiger partial charge in [0.1, 0.15) is 5.65 Å². The molecular formula is C25H34N2O3Si. The molecule has 0 aliphatic heterocycles. The Bertz CT molecular complexity index is 1060. The summed E-state index contributed by atoms with van der Waals surface area (Å²) in [6.07, 6.45) is 2.72. The summed E-state index contributed by atoms with van der Waals surface area (Å²) in [5.41, 5.74) is 4.19. The summed E-state index contributed by atoms with van der Waals surface area (Å²) in [7, 11) is -2.30. The second kappa shape index (κ2) is 8.87. The smallest absolute Gasteiger partial charge is 0.172 e. The summed E-state index contributed by atoms with van der Waals surface area (Å²) in [5.74, 6) is 0.489. The molecule has 0 radical (unpaired) electrons. The number of carbonyl (C=O) groups is 1. The first-order valence-electron chi connectivity index (χ1n) is 11.1. The molecule has 5 nitrogen and oxygen atoms in total. The van der Waals surface area contributed by atoms with Crippen molar-refractivity contribution in [3.8, 4) is 22.8 Å². The van der Waals surface area contributed by atoms with Crippen LogP contribution in [0.4, 0.5) is 0 Å². The molecule has 1 aromatic carbocycles. The molecule has 3 aromatic rings. The number of rotatable bonds is 8. The van der Waals surface area contributed by atoms with Gasteiger partial charge in [-0.1, -0.05) is 47.6 Å². The van der Waals surface area contributed by atoms with E-state index in [1.165, 1.54) is 0 Å². The number of fused-ring (bicyclic) bond motifs is 1. The number of pyridine rings is 1. The number of carbonyl (C=O) groups excluding carboxylic acids is 1. The average molecular weight is 439 g/mol. The first-order chi connectivity index (χ1) is 14.7. The van der Waals surface area contributed by atoms with Crippen LogP contribution in [-0.2, 0) is 0 Å². The fraction of sp³-hybridized carbons (Fsp3) is 0.440. The molecule has 0 amide bonds. The second-order valence-electron chi connectivity index (χ2n) is 9.03. The van der Waals surface area contributed by atoms with Gasteiger partial charge in [-0.05, 0) is 47.8 Å². The fourth-order valence-corrected chi connectivity index (χ4v) is 12.4. The number of phenols is 1. The molecule has 0 saturated heterocycles. The Morgan fingerprint density at radius 3 is 2.26 bits per heavy atom. The van der Waals surface area contributed by atoms with E-state index < -0.39 is 8.24 Å². The Kier molecular flexibility index (Phi) is 6.60. The van der Waals surface area contributed by atoms with Crippen LogP contribution in [0.2, 0.25) is 16.6 Å².